The van der Waals surface area contributed by atoms with E-state index in [9.17, 15) is 9.18 Å². The molecule has 0 atom stereocenters. The number of anilines is 3. The average Bonchev–Trinajstić information content (AvgIpc) is 2.46. The van der Waals surface area contributed by atoms with E-state index in [2.05, 4.69) is 10.3 Å². The van der Waals surface area contributed by atoms with E-state index in [1.165, 1.54) is 12.1 Å². The quantitative estimate of drug-likeness (QED) is 0.913. The number of amides is 1. The first kappa shape index (κ1) is 12.6. The number of fused-ring (bicyclic) bond motifs is 1. The van der Waals surface area contributed by atoms with Crippen LogP contribution < -0.4 is 10.2 Å². The number of aromatic nitrogens is 1. The lowest BCUT2D eigenvalue weighted by molar-refractivity contribution is -0.118. The van der Waals surface area contributed by atoms with Crippen molar-refractivity contribution in [2.24, 2.45) is 0 Å². The van der Waals surface area contributed by atoms with Gasteiger partial charge < -0.3 is 10.2 Å². The molecule has 0 spiro atoms. The van der Waals surface area contributed by atoms with Crippen LogP contribution in [0, 0.1) is 5.82 Å². The van der Waals surface area contributed by atoms with Gasteiger partial charge in [0.1, 0.15) is 11.6 Å². The van der Waals surface area contributed by atoms with E-state index >= 15 is 0 Å². The molecule has 102 valence electrons. The van der Waals surface area contributed by atoms with Crippen LogP contribution in [-0.2, 0) is 11.2 Å². The van der Waals surface area contributed by atoms with E-state index in [1.54, 1.807) is 30.3 Å². The Hall–Kier alpha value is -2.43. The number of nitrogens with zero attached hydrogens (tertiary/aromatic N) is 2. The van der Waals surface area contributed by atoms with Crippen LogP contribution in [0.3, 0.4) is 0 Å². The fourth-order valence-electron chi connectivity index (χ4n) is 2.27. The maximum Gasteiger partial charge on any atom is 0.227 e. The number of nitrogens with one attached hydrogen (secondary N) is 1. The Balaban J connectivity index is 1.88. The van der Waals surface area contributed by atoms with Crippen LogP contribution in [0.25, 0.3) is 0 Å². The normalized spacial score (nSPS) is 14.1. The highest BCUT2D eigenvalue weighted by Gasteiger charge is 2.21. The Bertz CT molecular complexity index is 655. The molecule has 0 fully saturated rings. The number of benzene rings is 1. The molecule has 0 saturated carbocycles. The number of hydrogen-bond acceptors (Lipinski definition) is 3. The molecule has 1 amide bonds. The van der Waals surface area contributed by atoms with Crippen molar-refractivity contribution in [2.75, 3.05) is 17.3 Å². The van der Waals surface area contributed by atoms with Crippen molar-refractivity contribution in [3.63, 3.8) is 0 Å². The summed E-state index contributed by atoms with van der Waals surface area (Å²) in [7, 11) is 1.77. The van der Waals surface area contributed by atoms with Crippen molar-refractivity contribution in [1.82, 2.24) is 4.98 Å². The maximum atomic E-state index is 12.9. The van der Waals surface area contributed by atoms with Gasteiger partial charge in [0.05, 0.1) is 5.69 Å². The summed E-state index contributed by atoms with van der Waals surface area (Å²) in [4.78, 5) is 17.7. The minimum atomic E-state index is -0.278. The fourth-order valence-corrected chi connectivity index (χ4v) is 2.27. The van der Waals surface area contributed by atoms with Crippen molar-refractivity contribution < 1.29 is 9.18 Å². The second-order valence-corrected chi connectivity index (χ2v) is 4.78. The summed E-state index contributed by atoms with van der Waals surface area (Å²) >= 11 is 0. The Morgan fingerprint density at radius 1 is 1.25 bits per heavy atom. The van der Waals surface area contributed by atoms with Crippen molar-refractivity contribution >= 4 is 23.1 Å². The first-order valence-corrected chi connectivity index (χ1v) is 6.41. The Morgan fingerprint density at radius 3 is 2.75 bits per heavy atom. The van der Waals surface area contributed by atoms with Gasteiger partial charge in [-0.1, -0.05) is 0 Å². The number of hydrogen-bond donors (Lipinski definition) is 1. The van der Waals surface area contributed by atoms with Crippen molar-refractivity contribution in [3.05, 3.63) is 47.9 Å². The number of pyridine rings is 1. The van der Waals surface area contributed by atoms with Gasteiger partial charge in [0.15, 0.2) is 0 Å². The van der Waals surface area contributed by atoms with Gasteiger partial charge in [0.2, 0.25) is 5.91 Å². The van der Waals surface area contributed by atoms with Crippen molar-refractivity contribution in [3.8, 4) is 0 Å². The second-order valence-electron chi connectivity index (χ2n) is 4.78. The molecule has 3 rings (SSSR count). The third-order valence-electron chi connectivity index (χ3n) is 3.42. The lowest BCUT2D eigenvalue weighted by atomic mass is 10.0. The molecule has 5 heteroatoms. The third kappa shape index (κ3) is 2.34. The van der Waals surface area contributed by atoms with Crippen molar-refractivity contribution in [2.45, 2.75) is 12.8 Å². The zero-order valence-electron chi connectivity index (χ0n) is 11.1. The van der Waals surface area contributed by atoms with E-state index in [1.807, 2.05) is 6.07 Å². The van der Waals surface area contributed by atoms with Crippen LogP contribution >= 0.6 is 0 Å². The summed E-state index contributed by atoms with van der Waals surface area (Å²) in [5, 5.41) is 3.10. The zero-order chi connectivity index (χ0) is 14.1. The standard InChI is InChI=1S/C15H14FN3O/c1-19-13-8-14(17-9-10(13)2-7-15(19)20)18-12-5-3-11(16)4-6-12/h3-6,8-9H,2,7H2,1H3,(H,17,18). The highest BCUT2D eigenvalue weighted by atomic mass is 19.1. The van der Waals surface area contributed by atoms with Gasteiger partial charge >= 0.3 is 0 Å². The van der Waals surface area contributed by atoms with Gasteiger partial charge in [-0.05, 0) is 36.2 Å². The molecule has 4 nitrogen and oxygen atoms in total. The van der Waals surface area contributed by atoms with Gasteiger partial charge in [-0.3, -0.25) is 4.79 Å². The summed E-state index contributed by atoms with van der Waals surface area (Å²) in [5.74, 6) is 0.465. The molecule has 1 aromatic heterocycles. The number of rotatable bonds is 2. The monoisotopic (exact) mass is 271 g/mol. The minimum absolute atomic E-state index is 0.108. The summed E-state index contributed by atoms with van der Waals surface area (Å²) in [6, 6.07) is 7.90. The van der Waals surface area contributed by atoms with Crippen LogP contribution in [-0.4, -0.2) is 17.9 Å². The Morgan fingerprint density at radius 2 is 2.00 bits per heavy atom. The van der Waals surface area contributed by atoms with Gasteiger partial charge in [-0.25, -0.2) is 9.37 Å². The van der Waals surface area contributed by atoms with Crippen LogP contribution in [0.2, 0.25) is 0 Å². The van der Waals surface area contributed by atoms with Gasteiger partial charge in [0, 0.05) is 31.4 Å². The van der Waals surface area contributed by atoms with Crippen LogP contribution in [0.15, 0.2) is 36.5 Å². The first-order chi connectivity index (χ1) is 9.63. The highest BCUT2D eigenvalue weighted by Crippen LogP contribution is 2.29. The summed E-state index contributed by atoms with van der Waals surface area (Å²) in [5.41, 5.74) is 2.70. The summed E-state index contributed by atoms with van der Waals surface area (Å²) in [6.45, 7) is 0. The van der Waals surface area contributed by atoms with Crippen LogP contribution in [0.4, 0.5) is 21.6 Å². The number of carbonyl (C=O) groups excluding carboxylic acids is 1. The van der Waals surface area contributed by atoms with E-state index < -0.39 is 0 Å². The average molecular weight is 271 g/mol. The Labute approximate surface area is 116 Å². The number of halogens is 1. The molecular weight excluding hydrogens is 257 g/mol. The molecular formula is C15H14FN3O. The van der Waals surface area contributed by atoms with E-state index in [0.29, 0.717) is 12.2 Å². The minimum Gasteiger partial charge on any atom is -0.340 e. The predicted molar refractivity (Wildman–Crippen MR) is 75.7 cm³/mol. The lowest BCUT2D eigenvalue weighted by Crippen LogP contribution is -2.31. The van der Waals surface area contributed by atoms with E-state index in [4.69, 9.17) is 0 Å². The summed E-state index contributed by atoms with van der Waals surface area (Å²) < 4.78 is 12.9. The van der Waals surface area contributed by atoms with Crippen LogP contribution in [0.5, 0.6) is 0 Å². The predicted octanol–water partition coefficient (Wildman–Crippen LogP) is 2.87. The molecule has 20 heavy (non-hydrogen) atoms. The molecule has 1 aliphatic rings. The smallest absolute Gasteiger partial charge is 0.227 e. The molecule has 0 radical (unpaired) electrons. The number of carbonyl (C=O) groups is 1. The third-order valence-corrected chi connectivity index (χ3v) is 3.42. The largest absolute Gasteiger partial charge is 0.340 e. The van der Waals surface area contributed by atoms with Gasteiger partial charge in [-0.15, -0.1) is 0 Å². The molecule has 1 aliphatic heterocycles. The van der Waals surface area contributed by atoms with Crippen LogP contribution in [0.1, 0.15) is 12.0 Å². The fraction of sp³-hybridized carbons (Fsp3) is 0.200. The zero-order valence-corrected chi connectivity index (χ0v) is 11.1. The lowest BCUT2D eigenvalue weighted by Gasteiger charge is -2.25. The molecule has 0 saturated heterocycles. The SMILES string of the molecule is CN1C(=O)CCc2cnc(Nc3ccc(F)cc3)cc21. The molecule has 0 unspecified atom stereocenters. The maximum absolute atomic E-state index is 12.9. The van der Waals surface area contributed by atoms with Gasteiger partial charge in [0.25, 0.3) is 0 Å². The van der Waals surface area contributed by atoms with E-state index in [-0.39, 0.29) is 11.7 Å². The molecule has 1 N–H and O–H groups in total. The Kier molecular flexibility index (Phi) is 3.10. The molecule has 0 aliphatic carbocycles. The summed E-state index contributed by atoms with van der Waals surface area (Å²) in [6.07, 6.45) is 3.03. The number of aryl methyl sites for hydroxylation is 1. The van der Waals surface area contributed by atoms with Crippen molar-refractivity contribution in [1.29, 1.82) is 0 Å². The molecule has 1 aromatic carbocycles. The molecule has 2 heterocycles. The first-order valence-electron chi connectivity index (χ1n) is 6.41. The van der Waals surface area contributed by atoms with Gasteiger partial charge in [-0.2, -0.15) is 0 Å². The molecule has 2 aromatic rings. The highest BCUT2D eigenvalue weighted by molar-refractivity contribution is 5.96. The molecule has 0 bridgehead atoms. The topological polar surface area (TPSA) is 45.2 Å². The second kappa shape index (κ2) is 4.92. The van der Waals surface area contributed by atoms with E-state index in [0.717, 1.165) is 23.4 Å².